The van der Waals surface area contributed by atoms with E-state index in [0.29, 0.717) is 0 Å². The van der Waals surface area contributed by atoms with Gasteiger partial charge in [-0.1, -0.05) is 0 Å². The first-order valence-electron chi connectivity index (χ1n) is 4.37. The van der Waals surface area contributed by atoms with Gasteiger partial charge in [-0.05, 0) is 6.42 Å². The normalized spacial score (nSPS) is 10.6. The van der Waals surface area contributed by atoms with Crippen LogP contribution in [0, 0.1) is 0 Å². The number of carboxylic acid groups (broad SMARTS) is 3. The van der Waals surface area contributed by atoms with Gasteiger partial charge in [-0.3, -0.25) is 19.2 Å². The summed E-state index contributed by atoms with van der Waals surface area (Å²) in [5.41, 5.74) is 9.81. The number of aliphatic carboxylic acids is 3. The molecule has 0 unspecified atom stereocenters. The molecule has 17 heavy (non-hydrogen) atoms. The molecule has 0 saturated heterocycles. The van der Waals surface area contributed by atoms with Crippen LogP contribution in [0.4, 0.5) is 0 Å². The van der Waals surface area contributed by atoms with Crippen molar-refractivity contribution >= 4 is 23.8 Å². The van der Waals surface area contributed by atoms with Crippen molar-refractivity contribution in [2.75, 3.05) is 0 Å². The third-order valence-electron chi connectivity index (χ3n) is 1.32. The lowest BCUT2D eigenvalue weighted by Crippen LogP contribution is -2.31. The Hall–Kier alpha value is -2.16. The molecule has 0 aliphatic rings. The second-order valence-corrected chi connectivity index (χ2v) is 2.91. The fraction of sp³-hybridized carbons (Fsp3) is 0.500. The zero-order valence-electron chi connectivity index (χ0n) is 8.83. The largest absolute Gasteiger partial charge is 0.481 e. The van der Waals surface area contributed by atoms with Gasteiger partial charge < -0.3 is 26.8 Å². The van der Waals surface area contributed by atoms with Crippen molar-refractivity contribution in [2.45, 2.75) is 25.3 Å². The Labute approximate surface area is 96.0 Å². The number of carbonyl (C=O) groups is 4. The molecule has 0 aromatic rings. The molecule has 98 valence electrons. The Bertz CT molecular complexity index is 290. The fourth-order valence-corrected chi connectivity index (χ4v) is 0.551. The molecule has 7 N–H and O–H groups in total. The lowest BCUT2D eigenvalue weighted by Gasteiger charge is -2.01. The number of hydrogen-bond acceptors (Lipinski definition) is 5. The molecule has 0 aliphatic carbocycles. The Morgan fingerprint density at radius 3 is 1.59 bits per heavy atom. The van der Waals surface area contributed by atoms with Gasteiger partial charge in [-0.2, -0.15) is 0 Å². The summed E-state index contributed by atoms with van der Waals surface area (Å²) in [6, 6.07) is -0.979. The third kappa shape index (κ3) is 16.5. The highest BCUT2D eigenvalue weighted by molar-refractivity contribution is 5.88. The van der Waals surface area contributed by atoms with Crippen molar-refractivity contribution in [3.8, 4) is 0 Å². The zero-order chi connectivity index (χ0) is 14.0. The topological polar surface area (TPSA) is 181 Å². The van der Waals surface area contributed by atoms with E-state index in [-0.39, 0.29) is 12.8 Å². The van der Waals surface area contributed by atoms with E-state index < -0.39 is 36.3 Å². The number of hydrogen-bond donors (Lipinski definition) is 5. The van der Waals surface area contributed by atoms with Gasteiger partial charge in [0.05, 0.1) is 0 Å². The van der Waals surface area contributed by atoms with E-state index in [9.17, 15) is 19.2 Å². The lowest BCUT2D eigenvalue weighted by molar-refractivity contribution is -0.147. The van der Waals surface area contributed by atoms with Gasteiger partial charge in [0.15, 0.2) is 0 Å². The summed E-state index contributed by atoms with van der Waals surface area (Å²) in [5.74, 6) is -4.27. The van der Waals surface area contributed by atoms with Crippen LogP contribution in [0.25, 0.3) is 0 Å². The Morgan fingerprint density at radius 2 is 1.41 bits per heavy atom. The molecule has 0 heterocycles. The Balaban J connectivity index is 0. The van der Waals surface area contributed by atoms with Gasteiger partial charge in [0, 0.05) is 6.42 Å². The number of carbonyl (C=O) groups excluding carboxylic acids is 1. The molecule has 0 fully saturated rings. The summed E-state index contributed by atoms with van der Waals surface area (Å²) in [4.78, 5) is 39.0. The molecule has 0 aliphatic heterocycles. The summed E-state index contributed by atoms with van der Waals surface area (Å²) >= 11 is 0. The van der Waals surface area contributed by atoms with Gasteiger partial charge in [0.25, 0.3) is 0 Å². The number of nitrogens with two attached hydrogens (primary N) is 2. The van der Waals surface area contributed by atoms with E-state index in [2.05, 4.69) is 0 Å². The predicted molar refractivity (Wildman–Crippen MR) is 53.9 cm³/mol. The first kappa shape index (κ1) is 17.2. The molecule has 9 nitrogen and oxygen atoms in total. The number of carboxylic acids is 3. The van der Waals surface area contributed by atoms with Crippen LogP contribution in [-0.2, 0) is 19.2 Å². The first-order valence-corrected chi connectivity index (χ1v) is 4.37. The monoisotopic (exact) mass is 250 g/mol. The summed E-state index contributed by atoms with van der Waals surface area (Å²) in [7, 11) is 0. The molecule has 0 spiro atoms. The quantitative estimate of drug-likeness (QED) is 0.342. The SMILES string of the molecule is NC(=O)CC[C@H](N)C(=O)O.O=C(O)CC(=O)O. The maximum absolute atomic E-state index is 10.1. The average molecular weight is 250 g/mol. The van der Waals surface area contributed by atoms with Crippen LogP contribution in [0.5, 0.6) is 0 Å². The first-order chi connectivity index (χ1) is 7.66. The summed E-state index contributed by atoms with van der Waals surface area (Å²) in [6.45, 7) is 0. The van der Waals surface area contributed by atoms with Crippen LogP contribution < -0.4 is 11.5 Å². The zero-order valence-corrected chi connectivity index (χ0v) is 8.83. The van der Waals surface area contributed by atoms with Gasteiger partial charge in [0.1, 0.15) is 12.5 Å². The van der Waals surface area contributed by atoms with Gasteiger partial charge >= 0.3 is 17.9 Å². The molecular weight excluding hydrogens is 236 g/mol. The molecule has 0 rings (SSSR count). The van der Waals surface area contributed by atoms with Crippen LogP contribution in [0.1, 0.15) is 19.3 Å². The average Bonchev–Trinajstić information content (AvgIpc) is 2.12. The number of amides is 1. The highest BCUT2D eigenvalue weighted by atomic mass is 16.4. The van der Waals surface area contributed by atoms with Crippen molar-refractivity contribution in [3.05, 3.63) is 0 Å². The highest BCUT2D eigenvalue weighted by Crippen LogP contribution is 1.92. The minimum atomic E-state index is -1.31. The predicted octanol–water partition coefficient (Wildman–Crippen LogP) is -1.79. The Kier molecular flexibility index (Phi) is 9.22. The molecule has 1 atom stereocenters. The number of rotatable bonds is 6. The maximum Gasteiger partial charge on any atom is 0.320 e. The van der Waals surface area contributed by atoms with Crippen LogP contribution in [0.2, 0.25) is 0 Å². The minimum Gasteiger partial charge on any atom is -0.481 e. The second-order valence-electron chi connectivity index (χ2n) is 2.91. The van der Waals surface area contributed by atoms with E-state index in [0.717, 1.165) is 0 Å². The van der Waals surface area contributed by atoms with E-state index in [1.165, 1.54) is 0 Å². The maximum atomic E-state index is 10.1. The van der Waals surface area contributed by atoms with Crippen LogP contribution in [-0.4, -0.2) is 45.2 Å². The molecule has 1 amide bonds. The van der Waals surface area contributed by atoms with E-state index in [1.807, 2.05) is 0 Å². The molecule has 0 aromatic heterocycles. The molecule has 0 saturated carbocycles. The molecule has 9 heteroatoms. The molecule has 0 bridgehead atoms. The van der Waals surface area contributed by atoms with Crippen molar-refractivity contribution in [3.63, 3.8) is 0 Å². The second kappa shape index (κ2) is 9.09. The van der Waals surface area contributed by atoms with Gasteiger partial charge in [-0.15, -0.1) is 0 Å². The van der Waals surface area contributed by atoms with Crippen molar-refractivity contribution < 1.29 is 34.5 Å². The van der Waals surface area contributed by atoms with E-state index in [4.69, 9.17) is 26.8 Å². The minimum absolute atomic E-state index is 0.0213. The van der Waals surface area contributed by atoms with Crippen molar-refractivity contribution in [1.82, 2.24) is 0 Å². The number of primary amides is 1. The van der Waals surface area contributed by atoms with E-state index >= 15 is 0 Å². The van der Waals surface area contributed by atoms with Crippen LogP contribution >= 0.6 is 0 Å². The summed E-state index contributed by atoms with van der Waals surface area (Å²) in [5, 5.41) is 23.6. The summed E-state index contributed by atoms with van der Waals surface area (Å²) < 4.78 is 0. The molecule has 0 radical (unpaired) electrons. The molecular formula is C8H14N2O7. The highest BCUT2D eigenvalue weighted by Gasteiger charge is 2.11. The molecule has 0 aromatic carbocycles. The van der Waals surface area contributed by atoms with Gasteiger partial charge in [0.2, 0.25) is 5.91 Å². The van der Waals surface area contributed by atoms with Crippen LogP contribution in [0.3, 0.4) is 0 Å². The summed E-state index contributed by atoms with van der Waals surface area (Å²) in [6.07, 6.45) is -0.682. The smallest absolute Gasteiger partial charge is 0.320 e. The van der Waals surface area contributed by atoms with Gasteiger partial charge in [-0.25, -0.2) is 0 Å². The van der Waals surface area contributed by atoms with Crippen LogP contribution in [0.15, 0.2) is 0 Å². The fourth-order valence-electron chi connectivity index (χ4n) is 0.551. The third-order valence-corrected chi connectivity index (χ3v) is 1.32. The van der Waals surface area contributed by atoms with E-state index in [1.54, 1.807) is 0 Å². The lowest BCUT2D eigenvalue weighted by atomic mass is 10.2. The van der Waals surface area contributed by atoms with Crippen molar-refractivity contribution in [1.29, 1.82) is 0 Å². The van der Waals surface area contributed by atoms with Crippen molar-refractivity contribution in [2.24, 2.45) is 11.5 Å². The standard InChI is InChI=1S/C5H10N2O3.C3H4O4/c6-3(5(9)10)1-2-4(7)8;4-2(5)1-3(6)7/h3H,1-2,6H2,(H2,7,8)(H,9,10);1H2,(H,4,5)(H,6,7)/t3-;/m0./s1. The Morgan fingerprint density at radius 1 is 1.00 bits per heavy atom.